The van der Waals surface area contributed by atoms with Crippen molar-refractivity contribution in [2.45, 2.75) is 11.7 Å². The summed E-state index contributed by atoms with van der Waals surface area (Å²) in [6.07, 6.45) is 2.54. The van der Waals surface area contributed by atoms with Crippen LogP contribution >= 0.6 is 7.60 Å². The number of rotatable bonds is 5. The number of hydrogen-bond donors (Lipinski definition) is 3. The van der Waals surface area contributed by atoms with Crippen molar-refractivity contribution < 1.29 is 18.6 Å². The molecule has 0 radical (unpaired) electrons. The van der Waals surface area contributed by atoms with E-state index in [0.29, 0.717) is 5.82 Å². The molecule has 0 aliphatic carbocycles. The lowest BCUT2D eigenvalue weighted by Crippen LogP contribution is -2.09. The Bertz CT molecular complexity index is 376. The van der Waals surface area contributed by atoms with Crippen molar-refractivity contribution in [2.75, 3.05) is 12.4 Å². The predicted octanol–water partition coefficient (Wildman–Crippen LogP) is -0.208. The highest BCUT2D eigenvalue weighted by Crippen LogP contribution is 2.37. The molecule has 0 aliphatic rings. The zero-order chi connectivity index (χ0) is 11.5. The molecule has 0 aromatic carbocycles. The van der Waals surface area contributed by atoms with Crippen molar-refractivity contribution in [1.29, 1.82) is 0 Å². The van der Waals surface area contributed by atoms with Gasteiger partial charge in [0.15, 0.2) is 0 Å². The van der Waals surface area contributed by atoms with E-state index in [1.165, 1.54) is 12.6 Å². The molecular weight excluding hydrogens is 241 g/mol. The van der Waals surface area contributed by atoms with E-state index in [-0.39, 0.29) is 12.6 Å². The van der Waals surface area contributed by atoms with Crippen molar-refractivity contribution in [3.63, 3.8) is 0 Å². The smallest absolute Gasteiger partial charge is 0.324 e. The molecule has 0 bridgehead atoms. The average molecular weight is 253 g/mol. The molecule has 1 rings (SSSR count). The number of nitrogens with zero attached hydrogens (tertiary/aromatic N) is 2. The van der Waals surface area contributed by atoms with Crippen molar-refractivity contribution in [2.24, 2.45) is 0 Å². The monoisotopic (exact) mass is 253 g/mol. The Morgan fingerprint density at radius 3 is 2.73 bits per heavy atom. The van der Waals surface area contributed by atoms with Gasteiger partial charge in [-0.05, 0) is 6.42 Å². The predicted molar refractivity (Wildman–Crippen MR) is 54.7 cm³/mol. The van der Waals surface area contributed by atoms with E-state index in [1.54, 1.807) is 0 Å². The van der Waals surface area contributed by atoms with Gasteiger partial charge >= 0.3 is 7.60 Å². The average Bonchev–Trinajstić information content (AvgIpc) is 2.54. The first-order chi connectivity index (χ1) is 6.90. The van der Waals surface area contributed by atoms with Crippen LogP contribution in [-0.4, -0.2) is 41.6 Å². The van der Waals surface area contributed by atoms with Crippen LogP contribution in [0, 0.1) is 0 Å². The first kappa shape index (κ1) is 12.5. The maximum atomic E-state index is 11.3. The summed E-state index contributed by atoms with van der Waals surface area (Å²) in [6.45, 7) is 0. The lowest BCUT2D eigenvalue weighted by Gasteiger charge is -2.11. The third kappa shape index (κ3) is 4.21. The van der Waals surface area contributed by atoms with Crippen LogP contribution in [-0.2, 0) is 15.4 Å². The molecule has 0 saturated heterocycles. The SMILES string of the molecule is CS(=O)C(CCP(=O)(O)O)c1ncn[nH]1. The Kier molecular flexibility index (Phi) is 4.15. The molecule has 0 spiro atoms. The highest BCUT2D eigenvalue weighted by atomic mass is 32.2. The van der Waals surface area contributed by atoms with E-state index >= 15 is 0 Å². The largest absolute Gasteiger partial charge is 0.325 e. The Morgan fingerprint density at radius 1 is 1.67 bits per heavy atom. The Hall–Kier alpha value is -0.560. The number of aromatic amines is 1. The van der Waals surface area contributed by atoms with Gasteiger partial charge in [-0.2, -0.15) is 5.10 Å². The topological polar surface area (TPSA) is 116 Å². The van der Waals surface area contributed by atoms with E-state index in [9.17, 15) is 8.77 Å². The van der Waals surface area contributed by atoms with Crippen molar-refractivity contribution in [3.8, 4) is 0 Å². The first-order valence-electron chi connectivity index (χ1n) is 4.12. The van der Waals surface area contributed by atoms with Gasteiger partial charge in [0.1, 0.15) is 12.2 Å². The van der Waals surface area contributed by atoms with E-state index in [1.807, 2.05) is 0 Å². The number of aromatic nitrogens is 3. The van der Waals surface area contributed by atoms with Gasteiger partial charge in [-0.25, -0.2) is 4.98 Å². The minimum Gasteiger partial charge on any atom is -0.324 e. The van der Waals surface area contributed by atoms with Crippen LogP contribution in [0.3, 0.4) is 0 Å². The molecule has 2 atom stereocenters. The number of nitrogens with one attached hydrogen (secondary N) is 1. The second-order valence-electron chi connectivity index (χ2n) is 3.03. The molecule has 86 valence electrons. The zero-order valence-electron chi connectivity index (χ0n) is 8.03. The van der Waals surface area contributed by atoms with Crippen molar-refractivity contribution in [1.82, 2.24) is 15.2 Å². The Balaban J connectivity index is 2.69. The van der Waals surface area contributed by atoms with Gasteiger partial charge < -0.3 is 9.79 Å². The van der Waals surface area contributed by atoms with E-state index in [2.05, 4.69) is 15.2 Å². The molecule has 15 heavy (non-hydrogen) atoms. The Labute approximate surface area is 88.9 Å². The van der Waals surface area contributed by atoms with Crippen molar-refractivity contribution >= 4 is 18.4 Å². The van der Waals surface area contributed by atoms with Gasteiger partial charge in [0, 0.05) is 17.1 Å². The van der Waals surface area contributed by atoms with Gasteiger partial charge in [0.25, 0.3) is 0 Å². The summed E-state index contributed by atoms with van der Waals surface area (Å²) < 4.78 is 22.0. The molecule has 0 amide bonds. The van der Waals surface area contributed by atoms with Crippen LogP contribution in [0.5, 0.6) is 0 Å². The second-order valence-corrected chi connectivity index (χ2v) is 6.38. The highest BCUT2D eigenvalue weighted by Gasteiger charge is 2.23. The maximum Gasteiger partial charge on any atom is 0.325 e. The molecule has 9 heteroatoms. The van der Waals surface area contributed by atoms with Gasteiger partial charge in [0.05, 0.1) is 11.4 Å². The fraction of sp³-hybridized carbons (Fsp3) is 0.667. The second kappa shape index (κ2) is 4.98. The molecule has 0 fully saturated rings. The zero-order valence-corrected chi connectivity index (χ0v) is 9.74. The van der Waals surface area contributed by atoms with Gasteiger partial charge in [-0.3, -0.25) is 13.9 Å². The fourth-order valence-corrected chi connectivity index (χ4v) is 2.76. The summed E-state index contributed by atoms with van der Waals surface area (Å²) in [6, 6.07) is 0. The number of H-pyrrole nitrogens is 1. The lowest BCUT2D eigenvalue weighted by atomic mass is 10.3. The minimum atomic E-state index is -4.06. The minimum absolute atomic E-state index is 0.114. The molecule has 0 saturated carbocycles. The molecule has 1 aromatic heterocycles. The summed E-state index contributed by atoms with van der Waals surface area (Å²) in [5.41, 5.74) is 0. The first-order valence-corrected chi connectivity index (χ1v) is 7.54. The van der Waals surface area contributed by atoms with Crippen LogP contribution in [0.25, 0.3) is 0 Å². The van der Waals surface area contributed by atoms with Gasteiger partial charge in [0.2, 0.25) is 0 Å². The highest BCUT2D eigenvalue weighted by molar-refractivity contribution is 7.84. The molecule has 1 heterocycles. The molecule has 0 aliphatic heterocycles. The van der Waals surface area contributed by atoms with Crippen LogP contribution in [0.4, 0.5) is 0 Å². The van der Waals surface area contributed by atoms with E-state index < -0.39 is 23.6 Å². The summed E-state index contributed by atoms with van der Waals surface area (Å²) >= 11 is 0. The standard InChI is InChI=1S/C6H12N3O4PS/c1-15(13)5(2-3-14(10,11)12)6-7-4-8-9-6/h4-5H,2-3H2,1H3,(H,7,8,9)(H2,10,11,12). The molecule has 2 unspecified atom stereocenters. The quantitative estimate of drug-likeness (QED) is 0.625. The van der Waals surface area contributed by atoms with E-state index in [4.69, 9.17) is 9.79 Å². The maximum absolute atomic E-state index is 11.3. The summed E-state index contributed by atoms with van der Waals surface area (Å²) in [5, 5.41) is 5.64. The normalized spacial score (nSPS) is 16.2. The van der Waals surface area contributed by atoms with Crippen LogP contribution in [0.2, 0.25) is 0 Å². The van der Waals surface area contributed by atoms with E-state index in [0.717, 1.165) is 0 Å². The number of hydrogen-bond acceptors (Lipinski definition) is 4. The Morgan fingerprint density at radius 2 is 2.33 bits per heavy atom. The molecular formula is C6H12N3O4PS. The van der Waals surface area contributed by atoms with Crippen LogP contribution < -0.4 is 0 Å². The third-order valence-electron chi connectivity index (χ3n) is 1.82. The lowest BCUT2D eigenvalue weighted by molar-refractivity contribution is 0.371. The van der Waals surface area contributed by atoms with Gasteiger partial charge in [-0.15, -0.1) is 0 Å². The summed E-state index contributed by atoms with van der Waals surface area (Å²) in [4.78, 5) is 21.2. The van der Waals surface area contributed by atoms with Crippen LogP contribution in [0.15, 0.2) is 6.33 Å². The van der Waals surface area contributed by atoms with Crippen molar-refractivity contribution in [3.05, 3.63) is 12.2 Å². The molecule has 1 aromatic rings. The molecule has 3 N–H and O–H groups in total. The summed E-state index contributed by atoms with van der Waals surface area (Å²) in [5.74, 6) is 0.393. The molecule has 7 nitrogen and oxygen atoms in total. The fourth-order valence-electron chi connectivity index (χ4n) is 1.12. The third-order valence-corrected chi connectivity index (χ3v) is 3.92. The van der Waals surface area contributed by atoms with Crippen LogP contribution in [0.1, 0.15) is 17.5 Å². The summed E-state index contributed by atoms with van der Waals surface area (Å²) in [7, 11) is -5.30. The van der Waals surface area contributed by atoms with Gasteiger partial charge in [-0.1, -0.05) is 0 Å².